The Balaban J connectivity index is 2.38. The molecule has 2 nitrogen and oxygen atoms in total. The zero-order valence-corrected chi connectivity index (χ0v) is 13.3. The second kappa shape index (κ2) is 7.93. The fraction of sp³-hybridized carbons (Fsp3) is 0.733. The smallest absolute Gasteiger partial charge is 0.0327 e. The molecule has 0 aliphatic carbocycles. The summed E-state index contributed by atoms with van der Waals surface area (Å²) in [5.74, 6) is 0.723. The summed E-state index contributed by atoms with van der Waals surface area (Å²) in [6.07, 6.45) is 1.21. The molecule has 3 heteroatoms. The number of nitrogens with zero attached hydrogens (tertiary/aromatic N) is 1. The van der Waals surface area contributed by atoms with Gasteiger partial charge < -0.3 is 5.32 Å². The van der Waals surface area contributed by atoms with Crippen LogP contribution in [0, 0.1) is 5.92 Å². The number of hydrogen-bond acceptors (Lipinski definition) is 3. The lowest BCUT2D eigenvalue weighted by molar-refractivity contribution is 0.246. The summed E-state index contributed by atoms with van der Waals surface area (Å²) >= 11 is 1.94. The van der Waals surface area contributed by atoms with E-state index >= 15 is 0 Å². The Morgan fingerprint density at radius 3 is 2.50 bits per heavy atom. The lowest BCUT2D eigenvalue weighted by atomic mass is 10.2. The average Bonchev–Trinajstić information content (AvgIpc) is 2.75. The van der Waals surface area contributed by atoms with Gasteiger partial charge in [-0.25, -0.2) is 0 Å². The van der Waals surface area contributed by atoms with Gasteiger partial charge in [-0.2, -0.15) is 0 Å². The van der Waals surface area contributed by atoms with Crippen LogP contribution in [0.25, 0.3) is 0 Å². The first-order valence-corrected chi connectivity index (χ1v) is 7.83. The van der Waals surface area contributed by atoms with Gasteiger partial charge in [0.1, 0.15) is 0 Å². The molecule has 0 bridgehead atoms. The van der Waals surface area contributed by atoms with E-state index in [9.17, 15) is 0 Å². The van der Waals surface area contributed by atoms with Crippen LogP contribution in [0.5, 0.6) is 0 Å². The lowest BCUT2D eigenvalue weighted by Crippen LogP contribution is -2.27. The van der Waals surface area contributed by atoms with Crippen molar-refractivity contribution in [1.82, 2.24) is 10.2 Å². The van der Waals surface area contributed by atoms with Gasteiger partial charge in [0.15, 0.2) is 0 Å². The minimum atomic E-state index is 0.662. The first-order valence-electron chi connectivity index (χ1n) is 7.01. The van der Waals surface area contributed by atoms with Crippen molar-refractivity contribution in [1.29, 1.82) is 0 Å². The predicted octanol–water partition coefficient (Wildman–Crippen LogP) is 3.72. The fourth-order valence-electron chi connectivity index (χ4n) is 1.80. The minimum Gasteiger partial charge on any atom is -0.312 e. The quantitative estimate of drug-likeness (QED) is 0.773. The molecule has 0 aliphatic rings. The van der Waals surface area contributed by atoms with Gasteiger partial charge in [-0.1, -0.05) is 20.8 Å². The van der Waals surface area contributed by atoms with Crippen LogP contribution in [0.2, 0.25) is 0 Å². The SMILES string of the molecule is CCC(C)N(C)Cc1ccc(CNCC(C)C)s1. The molecular formula is C15H28N2S. The summed E-state index contributed by atoms with van der Waals surface area (Å²) in [6.45, 7) is 12.2. The summed E-state index contributed by atoms with van der Waals surface area (Å²) in [5, 5.41) is 3.50. The molecule has 0 saturated heterocycles. The first-order chi connectivity index (χ1) is 8.52. The average molecular weight is 268 g/mol. The molecule has 1 unspecified atom stereocenters. The summed E-state index contributed by atoms with van der Waals surface area (Å²) in [5.41, 5.74) is 0. The Labute approximate surface area is 116 Å². The van der Waals surface area contributed by atoms with Gasteiger partial charge >= 0.3 is 0 Å². The monoisotopic (exact) mass is 268 g/mol. The van der Waals surface area contributed by atoms with Crippen LogP contribution in [0.1, 0.15) is 43.9 Å². The van der Waals surface area contributed by atoms with Gasteiger partial charge in [0, 0.05) is 28.9 Å². The fourth-order valence-corrected chi connectivity index (χ4v) is 2.85. The molecule has 1 atom stereocenters. The molecule has 1 aromatic heterocycles. The second-order valence-corrected chi connectivity index (χ2v) is 6.82. The van der Waals surface area contributed by atoms with Crippen LogP contribution in [0.3, 0.4) is 0 Å². The van der Waals surface area contributed by atoms with Gasteiger partial charge in [-0.15, -0.1) is 11.3 Å². The van der Waals surface area contributed by atoms with E-state index in [0.717, 1.165) is 25.6 Å². The van der Waals surface area contributed by atoms with E-state index in [1.165, 1.54) is 16.2 Å². The third kappa shape index (κ3) is 5.51. The molecule has 1 rings (SSSR count). The molecular weight excluding hydrogens is 240 g/mol. The summed E-state index contributed by atoms with van der Waals surface area (Å²) in [7, 11) is 2.21. The molecule has 1 heterocycles. The van der Waals surface area contributed by atoms with Gasteiger partial charge in [0.2, 0.25) is 0 Å². The Morgan fingerprint density at radius 2 is 1.89 bits per heavy atom. The molecule has 1 aromatic rings. The number of thiophene rings is 1. The van der Waals surface area contributed by atoms with Crippen molar-refractivity contribution >= 4 is 11.3 Å². The standard InChI is InChI=1S/C15H28N2S/c1-6-13(4)17(5)11-15-8-7-14(18-15)10-16-9-12(2)3/h7-8,12-13,16H,6,9-11H2,1-5H3. The van der Waals surface area contributed by atoms with E-state index in [1.54, 1.807) is 0 Å². The minimum absolute atomic E-state index is 0.662. The third-order valence-electron chi connectivity index (χ3n) is 3.32. The van der Waals surface area contributed by atoms with Crippen molar-refractivity contribution in [2.45, 2.75) is 53.2 Å². The van der Waals surface area contributed by atoms with Crippen molar-refractivity contribution in [3.8, 4) is 0 Å². The van der Waals surface area contributed by atoms with Crippen molar-refractivity contribution < 1.29 is 0 Å². The van der Waals surface area contributed by atoms with Crippen molar-refractivity contribution in [3.05, 3.63) is 21.9 Å². The molecule has 104 valence electrons. The molecule has 0 aromatic carbocycles. The van der Waals surface area contributed by atoms with E-state index in [0.29, 0.717) is 6.04 Å². The Kier molecular flexibility index (Phi) is 6.90. The molecule has 0 saturated carbocycles. The summed E-state index contributed by atoms with van der Waals surface area (Å²) < 4.78 is 0. The maximum Gasteiger partial charge on any atom is 0.0327 e. The Morgan fingerprint density at radius 1 is 1.22 bits per heavy atom. The zero-order valence-electron chi connectivity index (χ0n) is 12.5. The van der Waals surface area contributed by atoms with E-state index < -0.39 is 0 Å². The summed E-state index contributed by atoms with van der Waals surface area (Å²) in [4.78, 5) is 5.35. The van der Waals surface area contributed by atoms with Crippen LogP contribution in [0.15, 0.2) is 12.1 Å². The molecule has 0 fully saturated rings. The number of hydrogen-bond donors (Lipinski definition) is 1. The molecule has 18 heavy (non-hydrogen) atoms. The molecule has 1 N–H and O–H groups in total. The maximum absolute atomic E-state index is 3.50. The van der Waals surface area contributed by atoms with Crippen LogP contribution in [0.4, 0.5) is 0 Å². The van der Waals surface area contributed by atoms with Crippen LogP contribution in [-0.4, -0.2) is 24.5 Å². The highest BCUT2D eigenvalue weighted by molar-refractivity contribution is 7.11. The van der Waals surface area contributed by atoms with E-state index in [4.69, 9.17) is 0 Å². The van der Waals surface area contributed by atoms with Crippen molar-refractivity contribution in [2.24, 2.45) is 5.92 Å². The normalized spacial score (nSPS) is 13.5. The highest BCUT2D eigenvalue weighted by Gasteiger charge is 2.08. The van der Waals surface area contributed by atoms with Crippen LogP contribution >= 0.6 is 11.3 Å². The topological polar surface area (TPSA) is 15.3 Å². The molecule has 0 radical (unpaired) electrons. The van der Waals surface area contributed by atoms with Crippen LogP contribution in [-0.2, 0) is 13.1 Å². The Bertz CT molecular complexity index is 333. The van der Waals surface area contributed by atoms with Gasteiger partial charge in [-0.3, -0.25) is 4.90 Å². The lowest BCUT2D eigenvalue weighted by Gasteiger charge is -2.22. The van der Waals surface area contributed by atoms with Gasteiger partial charge in [0.05, 0.1) is 0 Å². The predicted molar refractivity (Wildman–Crippen MR) is 82.1 cm³/mol. The van der Waals surface area contributed by atoms with E-state index in [1.807, 2.05) is 11.3 Å². The zero-order chi connectivity index (χ0) is 13.5. The van der Waals surface area contributed by atoms with Gasteiger partial charge in [0.25, 0.3) is 0 Å². The molecule has 0 amide bonds. The van der Waals surface area contributed by atoms with Crippen LogP contribution < -0.4 is 5.32 Å². The maximum atomic E-state index is 3.50. The highest BCUT2D eigenvalue weighted by atomic mass is 32.1. The van der Waals surface area contributed by atoms with E-state index in [-0.39, 0.29) is 0 Å². The molecule has 0 spiro atoms. The van der Waals surface area contributed by atoms with Gasteiger partial charge in [-0.05, 0) is 45.0 Å². The largest absolute Gasteiger partial charge is 0.312 e. The van der Waals surface area contributed by atoms with Crippen molar-refractivity contribution in [2.75, 3.05) is 13.6 Å². The molecule has 0 aliphatic heterocycles. The van der Waals surface area contributed by atoms with Crippen molar-refractivity contribution in [3.63, 3.8) is 0 Å². The Hall–Kier alpha value is -0.380. The highest BCUT2D eigenvalue weighted by Crippen LogP contribution is 2.19. The summed E-state index contributed by atoms with van der Waals surface area (Å²) in [6, 6.07) is 5.20. The number of nitrogens with one attached hydrogen (secondary N) is 1. The first kappa shape index (κ1) is 15.7. The number of rotatable bonds is 8. The third-order valence-corrected chi connectivity index (χ3v) is 4.39. The van der Waals surface area contributed by atoms with E-state index in [2.05, 4.69) is 57.1 Å². The second-order valence-electron chi connectivity index (χ2n) is 5.57.